The van der Waals surface area contributed by atoms with Gasteiger partial charge in [0.2, 0.25) is 0 Å². The van der Waals surface area contributed by atoms with Gasteiger partial charge >= 0.3 is 0 Å². The summed E-state index contributed by atoms with van der Waals surface area (Å²) in [4.78, 5) is 27.2. The first kappa shape index (κ1) is 15.2. The molecule has 0 aliphatic heterocycles. The monoisotopic (exact) mass is 330 g/mol. The number of fused-ring (bicyclic) bond motifs is 1. The van der Waals surface area contributed by atoms with Crippen LogP contribution in [0.4, 0.5) is 4.39 Å². The van der Waals surface area contributed by atoms with Crippen molar-refractivity contribution < 1.29 is 14.0 Å². The molecule has 3 aromatic rings. The van der Waals surface area contributed by atoms with Gasteiger partial charge in [-0.2, -0.15) is 0 Å². The molecule has 0 fully saturated rings. The zero-order valence-electron chi connectivity index (χ0n) is 11.9. The van der Waals surface area contributed by atoms with E-state index in [1.165, 1.54) is 24.4 Å². The zero-order chi connectivity index (χ0) is 16.4. The highest BCUT2D eigenvalue weighted by molar-refractivity contribution is 6.45. The summed E-state index contributed by atoms with van der Waals surface area (Å²) in [5, 5.41) is 3.27. The van der Waals surface area contributed by atoms with Crippen LogP contribution in [-0.4, -0.2) is 16.7 Å². The standard InChI is InChI=1S/C17H12ClFN2O2/c18-13-5-3-6-14(19)12(13)9-21-17(23)16(22)11-8-20-15-7-2-1-4-10(11)15/h1-8,20H,9H2,(H,21,23). The van der Waals surface area contributed by atoms with Crippen LogP contribution in [0.1, 0.15) is 15.9 Å². The molecular formula is C17H12ClFN2O2. The Morgan fingerprint density at radius 3 is 2.70 bits per heavy atom. The summed E-state index contributed by atoms with van der Waals surface area (Å²) in [7, 11) is 0. The Morgan fingerprint density at radius 1 is 1.13 bits per heavy atom. The number of halogens is 2. The van der Waals surface area contributed by atoms with Crippen LogP contribution in [0, 0.1) is 5.82 Å². The maximum Gasteiger partial charge on any atom is 0.292 e. The van der Waals surface area contributed by atoms with Crippen molar-refractivity contribution in [3.05, 3.63) is 70.6 Å². The fourth-order valence-corrected chi connectivity index (χ4v) is 2.56. The lowest BCUT2D eigenvalue weighted by Gasteiger charge is -2.07. The second-order valence-corrected chi connectivity index (χ2v) is 5.37. The number of carbonyl (C=O) groups is 2. The number of carbonyl (C=O) groups excluding carboxylic acids is 2. The molecule has 2 N–H and O–H groups in total. The molecule has 3 rings (SSSR count). The molecule has 2 aromatic carbocycles. The number of Topliss-reactive ketones (excluding diaryl/α,β-unsaturated/α-hetero) is 1. The van der Waals surface area contributed by atoms with Crippen LogP contribution in [0.15, 0.2) is 48.7 Å². The normalized spacial score (nSPS) is 10.7. The number of nitrogens with one attached hydrogen (secondary N) is 2. The molecule has 0 spiro atoms. The number of ketones is 1. The topological polar surface area (TPSA) is 62.0 Å². The molecule has 23 heavy (non-hydrogen) atoms. The Kier molecular flexibility index (Phi) is 4.12. The lowest BCUT2D eigenvalue weighted by Crippen LogP contribution is -2.30. The number of H-pyrrole nitrogens is 1. The van der Waals surface area contributed by atoms with E-state index >= 15 is 0 Å². The van der Waals surface area contributed by atoms with E-state index in [9.17, 15) is 14.0 Å². The molecule has 0 saturated heterocycles. The second kappa shape index (κ2) is 6.22. The molecule has 0 saturated carbocycles. The summed E-state index contributed by atoms with van der Waals surface area (Å²) in [6.07, 6.45) is 1.49. The largest absolute Gasteiger partial charge is 0.360 e. The molecule has 1 aromatic heterocycles. The molecule has 0 unspecified atom stereocenters. The Hall–Kier alpha value is -2.66. The highest BCUT2D eigenvalue weighted by atomic mass is 35.5. The Labute approximate surface area is 136 Å². The van der Waals surface area contributed by atoms with Crippen molar-refractivity contribution in [1.82, 2.24) is 10.3 Å². The van der Waals surface area contributed by atoms with E-state index in [0.717, 1.165) is 5.52 Å². The number of aromatic nitrogens is 1. The van der Waals surface area contributed by atoms with Crippen LogP contribution >= 0.6 is 11.6 Å². The number of rotatable bonds is 4. The minimum Gasteiger partial charge on any atom is -0.360 e. The molecule has 0 atom stereocenters. The van der Waals surface area contributed by atoms with Gasteiger partial charge in [-0.05, 0) is 18.2 Å². The van der Waals surface area contributed by atoms with E-state index < -0.39 is 17.5 Å². The number of hydrogen-bond donors (Lipinski definition) is 2. The van der Waals surface area contributed by atoms with Crippen LogP contribution in [-0.2, 0) is 11.3 Å². The summed E-state index contributed by atoms with van der Waals surface area (Å²) in [5.74, 6) is -2.03. The maximum absolute atomic E-state index is 13.7. The molecule has 0 radical (unpaired) electrons. The van der Waals surface area contributed by atoms with Crippen molar-refractivity contribution in [1.29, 1.82) is 0 Å². The first-order valence-electron chi connectivity index (χ1n) is 6.89. The first-order valence-corrected chi connectivity index (χ1v) is 7.27. The van der Waals surface area contributed by atoms with Gasteiger partial charge in [0.15, 0.2) is 0 Å². The molecule has 0 aliphatic carbocycles. The number of aromatic amines is 1. The third kappa shape index (κ3) is 2.96. The summed E-state index contributed by atoms with van der Waals surface area (Å²) < 4.78 is 13.7. The van der Waals surface area contributed by atoms with Crippen molar-refractivity contribution in [2.45, 2.75) is 6.54 Å². The van der Waals surface area contributed by atoms with Crippen molar-refractivity contribution in [3.63, 3.8) is 0 Å². The number of benzene rings is 2. The lowest BCUT2D eigenvalue weighted by atomic mass is 10.1. The van der Waals surface area contributed by atoms with Crippen LogP contribution in [0.2, 0.25) is 5.02 Å². The zero-order valence-corrected chi connectivity index (χ0v) is 12.7. The van der Waals surface area contributed by atoms with Crippen molar-refractivity contribution in [3.8, 4) is 0 Å². The van der Waals surface area contributed by atoms with Gasteiger partial charge in [0.1, 0.15) is 5.82 Å². The quantitative estimate of drug-likeness (QED) is 0.568. The van der Waals surface area contributed by atoms with Gasteiger partial charge in [-0.3, -0.25) is 9.59 Å². The number of para-hydroxylation sites is 1. The van der Waals surface area contributed by atoms with Gasteiger partial charge in [0.25, 0.3) is 11.7 Å². The average Bonchev–Trinajstić information content (AvgIpc) is 2.97. The number of amides is 1. The highest BCUT2D eigenvalue weighted by Crippen LogP contribution is 2.20. The molecule has 1 heterocycles. The second-order valence-electron chi connectivity index (χ2n) is 4.96. The molecular weight excluding hydrogens is 319 g/mol. The van der Waals surface area contributed by atoms with Crippen LogP contribution in [0.25, 0.3) is 10.9 Å². The number of hydrogen-bond acceptors (Lipinski definition) is 2. The predicted molar refractivity (Wildman–Crippen MR) is 85.9 cm³/mol. The third-order valence-electron chi connectivity index (χ3n) is 3.53. The predicted octanol–water partition coefficient (Wildman–Crippen LogP) is 3.46. The maximum atomic E-state index is 13.7. The van der Waals surface area contributed by atoms with Gasteiger partial charge in [0.05, 0.1) is 5.56 Å². The van der Waals surface area contributed by atoms with Crippen LogP contribution < -0.4 is 5.32 Å². The molecule has 4 nitrogen and oxygen atoms in total. The van der Waals surface area contributed by atoms with Gasteiger partial charge in [-0.1, -0.05) is 35.9 Å². The van der Waals surface area contributed by atoms with E-state index in [1.54, 1.807) is 12.1 Å². The highest BCUT2D eigenvalue weighted by Gasteiger charge is 2.20. The van der Waals surface area contributed by atoms with Crippen molar-refractivity contribution in [2.75, 3.05) is 0 Å². The van der Waals surface area contributed by atoms with Gasteiger partial charge in [-0.15, -0.1) is 0 Å². The summed E-state index contributed by atoms with van der Waals surface area (Å²) in [5.41, 5.74) is 1.19. The van der Waals surface area contributed by atoms with Crippen LogP contribution in [0.3, 0.4) is 0 Å². The van der Waals surface area contributed by atoms with E-state index in [-0.39, 0.29) is 22.7 Å². The van der Waals surface area contributed by atoms with Crippen molar-refractivity contribution >= 4 is 34.2 Å². The summed E-state index contributed by atoms with van der Waals surface area (Å²) in [6, 6.07) is 11.4. The smallest absolute Gasteiger partial charge is 0.292 e. The van der Waals surface area contributed by atoms with E-state index in [1.807, 2.05) is 12.1 Å². The lowest BCUT2D eigenvalue weighted by molar-refractivity contribution is -0.117. The SMILES string of the molecule is O=C(NCc1c(F)cccc1Cl)C(=O)c1c[nH]c2ccccc12. The minimum absolute atomic E-state index is 0.147. The summed E-state index contributed by atoms with van der Waals surface area (Å²) in [6.45, 7) is -0.154. The minimum atomic E-state index is -0.811. The fraction of sp³-hybridized carbons (Fsp3) is 0.0588. The Balaban J connectivity index is 1.77. The van der Waals surface area contributed by atoms with Gasteiger partial charge in [0, 0.05) is 34.2 Å². The molecule has 1 amide bonds. The van der Waals surface area contributed by atoms with Gasteiger partial charge in [-0.25, -0.2) is 4.39 Å². The van der Waals surface area contributed by atoms with E-state index in [4.69, 9.17) is 11.6 Å². The Bertz CT molecular complexity index is 884. The van der Waals surface area contributed by atoms with E-state index in [2.05, 4.69) is 10.3 Å². The average molecular weight is 331 g/mol. The fourth-order valence-electron chi connectivity index (χ4n) is 2.33. The third-order valence-corrected chi connectivity index (χ3v) is 3.88. The van der Waals surface area contributed by atoms with Crippen LogP contribution in [0.5, 0.6) is 0 Å². The van der Waals surface area contributed by atoms with Crippen molar-refractivity contribution in [2.24, 2.45) is 0 Å². The molecule has 6 heteroatoms. The Morgan fingerprint density at radius 2 is 1.91 bits per heavy atom. The molecule has 116 valence electrons. The summed E-state index contributed by atoms with van der Waals surface area (Å²) >= 11 is 5.89. The van der Waals surface area contributed by atoms with E-state index in [0.29, 0.717) is 5.39 Å². The first-order chi connectivity index (χ1) is 11.1. The molecule has 0 aliphatic rings. The van der Waals surface area contributed by atoms with Gasteiger partial charge < -0.3 is 10.3 Å². The molecule has 0 bridgehead atoms.